The Morgan fingerprint density at radius 1 is 1.36 bits per heavy atom. The maximum Gasteiger partial charge on any atom is 0.0509 e. The second kappa shape index (κ2) is 3.82. The van der Waals surface area contributed by atoms with E-state index in [2.05, 4.69) is 26.1 Å². The predicted molar refractivity (Wildman–Crippen MR) is 58.3 cm³/mol. The Bertz CT molecular complexity index is 194. The molecule has 3 atom stereocenters. The van der Waals surface area contributed by atoms with Gasteiger partial charge >= 0.3 is 0 Å². The molecule has 0 aromatic heterocycles. The average molecular weight is 197 g/mol. The van der Waals surface area contributed by atoms with E-state index in [-0.39, 0.29) is 0 Å². The van der Waals surface area contributed by atoms with Crippen molar-refractivity contribution >= 4 is 0 Å². The minimum Gasteiger partial charge on any atom is -0.381 e. The van der Waals surface area contributed by atoms with Gasteiger partial charge in [-0.1, -0.05) is 6.92 Å². The molecule has 0 aromatic rings. The highest BCUT2D eigenvalue weighted by atomic mass is 16.5. The first-order chi connectivity index (χ1) is 6.62. The fourth-order valence-corrected chi connectivity index (χ4v) is 2.31. The first-order valence-electron chi connectivity index (χ1n) is 5.96. The molecule has 3 unspecified atom stereocenters. The quantitative estimate of drug-likeness (QED) is 0.746. The van der Waals surface area contributed by atoms with Crippen molar-refractivity contribution in [3.05, 3.63) is 0 Å². The Hall–Kier alpha value is -0.0800. The number of ether oxygens (including phenoxy) is 1. The molecule has 0 amide bonds. The van der Waals surface area contributed by atoms with Crippen molar-refractivity contribution < 1.29 is 4.74 Å². The molecule has 14 heavy (non-hydrogen) atoms. The molecule has 0 spiro atoms. The second-order valence-electron chi connectivity index (χ2n) is 5.45. The Balaban J connectivity index is 1.78. The first-order valence-corrected chi connectivity index (χ1v) is 5.96. The Morgan fingerprint density at radius 3 is 2.57 bits per heavy atom. The van der Waals surface area contributed by atoms with Gasteiger partial charge in [0.15, 0.2) is 0 Å². The average Bonchev–Trinajstić information content (AvgIpc) is 2.71. The lowest BCUT2D eigenvalue weighted by Gasteiger charge is -2.27. The molecule has 0 radical (unpaired) electrons. The van der Waals surface area contributed by atoms with Crippen molar-refractivity contribution in [2.45, 2.75) is 52.1 Å². The summed E-state index contributed by atoms with van der Waals surface area (Å²) in [6, 6.07) is 1.28. The van der Waals surface area contributed by atoms with Gasteiger partial charge < -0.3 is 10.1 Å². The van der Waals surface area contributed by atoms with E-state index in [1.165, 1.54) is 19.3 Å². The maximum absolute atomic E-state index is 5.42. The standard InChI is InChI=1S/C12H23NO/c1-9(11-4-7-14-8-11)13-10(2)12(3)5-6-12/h9-11,13H,4-8H2,1-3H3. The van der Waals surface area contributed by atoms with Gasteiger partial charge in [-0.25, -0.2) is 0 Å². The van der Waals surface area contributed by atoms with Crippen LogP contribution < -0.4 is 5.32 Å². The molecule has 2 aliphatic rings. The Kier molecular flexibility index (Phi) is 2.85. The summed E-state index contributed by atoms with van der Waals surface area (Å²) >= 11 is 0. The summed E-state index contributed by atoms with van der Waals surface area (Å²) in [5, 5.41) is 3.74. The summed E-state index contributed by atoms with van der Waals surface area (Å²) < 4.78 is 5.42. The molecule has 1 aliphatic carbocycles. The molecule has 2 fully saturated rings. The zero-order chi connectivity index (χ0) is 10.2. The SMILES string of the molecule is CC(NC(C)C1(C)CC1)C1CCOC1. The molecule has 1 aliphatic heterocycles. The predicted octanol–water partition coefficient (Wildman–Crippen LogP) is 2.19. The number of hydrogen-bond donors (Lipinski definition) is 1. The van der Waals surface area contributed by atoms with Gasteiger partial charge in [0.05, 0.1) is 6.61 Å². The molecule has 0 bridgehead atoms. The lowest BCUT2D eigenvalue weighted by Crippen LogP contribution is -2.43. The molecule has 2 nitrogen and oxygen atoms in total. The molecule has 82 valence electrons. The lowest BCUT2D eigenvalue weighted by atomic mass is 9.95. The third-order valence-electron chi connectivity index (χ3n) is 4.27. The number of rotatable bonds is 4. The van der Waals surface area contributed by atoms with Crippen LogP contribution in [0, 0.1) is 11.3 Å². The van der Waals surface area contributed by atoms with E-state index in [0.29, 0.717) is 17.5 Å². The zero-order valence-electron chi connectivity index (χ0n) is 9.68. The molecule has 1 N–H and O–H groups in total. The normalized spacial score (nSPS) is 34.1. The highest BCUT2D eigenvalue weighted by Gasteiger charge is 2.43. The van der Waals surface area contributed by atoms with Gasteiger partial charge in [-0.05, 0) is 44.4 Å². The summed E-state index contributed by atoms with van der Waals surface area (Å²) in [5.41, 5.74) is 0.591. The largest absolute Gasteiger partial charge is 0.381 e. The van der Waals surface area contributed by atoms with Crippen molar-refractivity contribution in [2.75, 3.05) is 13.2 Å². The van der Waals surface area contributed by atoms with E-state index in [9.17, 15) is 0 Å². The monoisotopic (exact) mass is 197 g/mol. The van der Waals surface area contributed by atoms with Crippen LogP contribution in [0.1, 0.15) is 40.0 Å². The van der Waals surface area contributed by atoms with E-state index in [1.54, 1.807) is 0 Å². The van der Waals surface area contributed by atoms with Crippen LogP contribution in [0.5, 0.6) is 0 Å². The van der Waals surface area contributed by atoms with Gasteiger partial charge in [0, 0.05) is 18.7 Å². The topological polar surface area (TPSA) is 21.3 Å². The van der Waals surface area contributed by atoms with Crippen LogP contribution in [0.25, 0.3) is 0 Å². The minimum absolute atomic E-state index is 0.591. The van der Waals surface area contributed by atoms with Crippen LogP contribution in [0.15, 0.2) is 0 Å². The van der Waals surface area contributed by atoms with E-state index in [4.69, 9.17) is 4.74 Å². The second-order valence-corrected chi connectivity index (χ2v) is 5.45. The fourth-order valence-electron chi connectivity index (χ4n) is 2.31. The van der Waals surface area contributed by atoms with Crippen LogP contribution in [0.4, 0.5) is 0 Å². The molecule has 1 saturated heterocycles. The van der Waals surface area contributed by atoms with Crippen LogP contribution in [-0.4, -0.2) is 25.3 Å². The summed E-state index contributed by atoms with van der Waals surface area (Å²) in [5.74, 6) is 0.736. The Morgan fingerprint density at radius 2 is 2.07 bits per heavy atom. The van der Waals surface area contributed by atoms with Crippen molar-refractivity contribution in [1.29, 1.82) is 0 Å². The minimum atomic E-state index is 0.591. The summed E-state index contributed by atoms with van der Waals surface area (Å²) in [7, 11) is 0. The molecule has 2 rings (SSSR count). The molecule has 1 saturated carbocycles. The number of nitrogens with one attached hydrogen (secondary N) is 1. The summed E-state index contributed by atoms with van der Waals surface area (Å²) in [6.45, 7) is 8.95. The van der Waals surface area contributed by atoms with Crippen molar-refractivity contribution in [1.82, 2.24) is 5.32 Å². The van der Waals surface area contributed by atoms with Gasteiger partial charge in [-0.2, -0.15) is 0 Å². The van der Waals surface area contributed by atoms with Gasteiger partial charge in [-0.3, -0.25) is 0 Å². The van der Waals surface area contributed by atoms with Gasteiger partial charge in [0.25, 0.3) is 0 Å². The van der Waals surface area contributed by atoms with Crippen LogP contribution >= 0.6 is 0 Å². The van der Waals surface area contributed by atoms with E-state index in [1.807, 2.05) is 0 Å². The van der Waals surface area contributed by atoms with E-state index < -0.39 is 0 Å². The van der Waals surface area contributed by atoms with Crippen molar-refractivity contribution in [2.24, 2.45) is 11.3 Å². The van der Waals surface area contributed by atoms with E-state index >= 15 is 0 Å². The van der Waals surface area contributed by atoms with Gasteiger partial charge in [0.1, 0.15) is 0 Å². The summed E-state index contributed by atoms with van der Waals surface area (Å²) in [6.07, 6.45) is 4.03. The zero-order valence-corrected chi connectivity index (χ0v) is 9.68. The van der Waals surface area contributed by atoms with Crippen LogP contribution in [0.2, 0.25) is 0 Å². The number of hydrogen-bond acceptors (Lipinski definition) is 2. The first kappa shape index (κ1) is 10.4. The Labute approximate surface area is 87.4 Å². The molecule has 2 heteroatoms. The lowest BCUT2D eigenvalue weighted by molar-refractivity contribution is 0.174. The third kappa shape index (κ3) is 2.12. The van der Waals surface area contributed by atoms with Crippen molar-refractivity contribution in [3.8, 4) is 0 Å². The van der Waals surface area contributed by atoms with Crippen LogP contribution in [0.3, 0.4) is 0 Å². The van der Waals surface area contributed by atoms with E-state index in [0.717, 1.165) is 19.1 Å². The molecular formula is C12H23NO. The maximum atomic E-state index is 5.42. The van der Waals surface area contributed by atoms with Gasteiger partial charge in [-0.15, -0.1) is 0 Å². The highest BCUT2D eigenvalue weighted by Crippen LogP contribution is 2.48. The van der Waals surface area contributed by atoms with Gasteiger partial charge in [0.2, 0.25) is 0 Å². The molecule has 0 aromatic carbocycles. The smallest absolute Gasteiger partial charge is 0.0509 e. The summed E-state index contributed by atoms with van der Waals surface area (Å²) in [4.78, 5) is 0. The fraction of sp³-hybridized carbons (Fsp3) is 1.00. The molecule has 1 heterocycles. The third-order valence-corrected chi connectivity index (χ3v) is 4.27. The van der Waals surface area contributed by atoms with Crippen LogP contribution in [-0.2, 0) is 4.74 Å². The molecular weight excluding hydrogens is 174 g/mol. The van der Waals surface area contributed by atoms with Crippen molar-refractivity contribution in [3.63, 3.8) is 0 Å². The highest BCUT2D eigenvalue weighted by molar-refractivity contribution is 4.97.